The largest absolute Gasteiger partial charge is 0.367 e. The van der Waals surface area contributed by atoms with Crippen LogP contribution in [0.1, 0.15) is 66.4 Å². The Morgan fingerprint density at radius 3 is 1.80 bits per heavy atom. The Balaban J connectivity index is 1.61. The van der Waals surface area contributed by atoms with Crippen LogP contribution in [0.5, 0.6) is 0 Å². The van der Waals surface area contributed by atoms with Gasteiger partial charge in [-0.1, -0.05) is 54.6 Å². The van der Waals surface area contributed by atoms with Gasteiger partial charge in [-0.2, -0.15) is 16.8 Å². The Morgan fingerprint density at radius 1 is 0.685 bits per heavy atom. The first-order chi connectivity index (χ1) is 25.7. The molecule has 4 aromatic carbocycles. The van der Waals surface area contributed by atoms with E-state index >= 15 is 0 Å². The molecule has 9 nitrogen and oxygen atoms in total. The van der Waals surface area contributed by atoms with Crippen molar-refractivity contribution in [3.8, 4) is 0 Å². The number of hydrogen-bond donors (Lipinski definition) is 2. The number of allylic oxidation sites excluding steroid dienone is 5. The number of rotatable bonds is 14. The quantitative estimate of drug-likeness (QED) is 0.0971. The first-order valence-corrected chi connectivity index (χ1v) is 21.2. The molecule has 1 atom stereocenters. The molecular weight excluding hydrogens is 719 g/mol. The maximum atomic E-state index is 12.8. The third-order valence-corrected chi connectivity index (χ3v) is 11.8. The molecule has 1 aliphatic carbocycles. The normalized spacial score (nSPS) is 13.6. The Kier molecular flexibility index (Phi) is 12.8. The Hall–Kier alpha value is -4.81. The minimum atomic E-state index is -4.49. The van der Waals surface area contributed by atoms with Gasteiger partial charge >= 0.3 is 0 Å². The summed E-state index contributed by atoms with van der Waals surface area (Å²) < 4.78 is 71.5. The SMILES string of the molecule is CCN(Cc1cccc(S(=O)(=O)O)c1)c1ccc(C(=C2C=CC(=[N+](CC)CC)C=C2)c2ccc(N(CC)C(c3ccccc3)S(=O)(=O)O)cc2C)c(C)c1. The van der Waals surface area contributed by atoms with Crippen molar-refractivity contribution in [2.45, 2.75) is 58.4 Å². The van der Waals surface area contributed by atoms with Crippen molar-refractivity contribution in [2.75, 3.05) is 36.0 Å². The molecule has 0 amide bonds. The van der Waals surface area contributed by atoms with Crippen molar-refractivity contribution in [3.63, 3.8) is 0 Å². The second-order valence-electron chi connectivity index (χ2n) is 13.3. The smallest absolute Gasteiger partial charge is 0.294 e. The van der Waals surface area contributed by atoms with Gasteiger partial charge < -0.3 is 9.80 Å². The maximum absolute atomic E-state index is 12.8. The fraction of sp³-hybridized carbons (Fsp3) is 0.279. The van der Waals surface area contributed by atoms with Gasteiger partial charge in [-0.15, -0.1) is 0 Å². The first kappa shape index (κ1) is 40.4. The highest BCUT2D eigenvalue weighted by Gasteiger charge is 2.32. The number of nitrogens with zero attached hydrogens (tertiary/aromatic N) is 3. The van der Waals surface area contributed by atoms with Crippen LogP contribution in [-0.4, -0.2) is 62.4 Å². The maximum Gasteiger partial charge on any atom is 0.294 e. The van der Waals surface area contributed by atoms with Crippen molar-refractivity contribution in [1.29, 1.82) is 0 Å². The summed E-state index contributed by atoms with van der Waals surface area (Å²) in [5, 5.41) is -1.27. The predicted octanol–water partition coefficient (Wildman–Crippen LogP) is 8.41. The van der Waals surface area contributed by atoms with Crippen LogP contribution in [0.2, 0.25) is 0 Å². The molecule has 0 radical (unpaired) electrons. The van der Waals surface area contributed by atoms with E-state index in [1.807, 2.05) is 51.1 Å². The van der Waals surface area contributed by atoms with Crippen LogP contribution in [0.25, 0.3) is 5.57 Å². The molecule has 2 N–H and O–H groups in total. The van der Waals surface area contributed by atoms with Crippen LogP contribution in [0.4, 0.5) is 11.4 Å². The molecule has 0 saturated heterocycles. The first-order valence-electron chi connectivity index (χ1n) is 18.2. The highest BCUT2D eigenvalue weighted by molar-refractivity contribution is 7.86. The van der Waals surface area contributed by atoms with E-state index in [0.29, 0.717) is 30.9 Å². The molecule has 11 heteroatoms. The van der Waals surface area contributed by atoms with Gasteiger partial charge in [0.25, 0.3) is 20.2 Å². The molecule has 5 rings (SSSR count). The van der Waals surface area contributed by atoms with E-state index in [9.17, 15) is 25.9 Å². The van der Waals surface area contributed by atoms with Crippen LogP contribution in [0, 0.1) is 13.8 Å². The lowest BCUT2D eigenvalue weighted by molar-refractivity contribution is -0.519. The summed E-state index contributed by atoms with van der Waals surface area (Å²) in [6.45, 7) is 15.5. The van der Waals surface area contributed by atoms with Gasteiger partial charge in [0.2, 0.25) is 0 Å². The van der Waals surface area contributed by atoms with Crippen LogP contribution in [0.3, 0.4) is 0 Å². The number of hydrogen-bond acceptors (Lipinski definition) is 6. The Labute approximate surface area is 320 Å². The molecule has 0 heterocycles. The monoisotopic (exact) mass is 768 g/mol. The van der Waals surface area contributed by atoms with E-state index in [1.165, 1.54) is 12.1 Å². The highest BCUT2D eigenvalue weighted by Crippen LogP contribution is 2.38. The molecule has 0 bridgehead atoms. The van der Waals surface area contributed by atoms with Gasteiger partial charge in [-0.05, 0) is 135 Å². The molecular formula is C43H50N3O6S2+. The van der Waals surface area contributed by atoms with Crippen LogP contribution < -0.4 is 9.80 Å². The molecule has 0 aromatic heterocycles. The van der Waals surface area contributed by atoms with Gasteiger partial charge in [0, 0.05) is 43.2 Å². The molecule has 0 aliphatic heterocycles. The average molecular weight is 769 g/mol. The third-order valence-electron chi connectivity index (χ3n) is 9.88. The summed E-state index contributed by atoms with van der Waals surface area (Å²) in [5.74, 6) is 0. The molecule has 4 aromatic rings. The van der Waals surface area contributed by atoms with Crippen molar-refractivity contribution in [1.82, 2.24) is 0 Å². The van der Waals surface area contributed by atoms with Gasteiger partial charge in [0.05, 0.1) is 4.90 Å². The van der Waals surface area contributed by atoms with Crippen molar-refractivity contribution < 1.29 is 30.5 Å². The second kappa shape index (κ2) is 17.1. The average Bonchev–Trinajstić information content (AvgIpc) is 3.14. The van der Waals surface area contributed by atoms with Crippen LogP contribution in [-0.2, 0) is 26.8 Å². The molecule has 0 saturated carbocycles. The number of benzene rings is 4. The highest BCUT2D eigenvalue weighted by atomic mass is 32.2. The summed E-state index contributed by atoms with van der Waals surface area (Å²) in [7, 11) is -8.81. The number of aryl methyl sites for hydroxylation is 2. The predicted molar refractivity (Wildman–Crippen MR) is 220 cm³/mol. The van der Waals surface area contributed by atoms with E-state index < -0.39 is 25.6 Å². The van der Waals surface area contributed by atoms with E-state index in [1.54, 1.807) is 35.2 Å². The minimum absolute atomic E-state index is 0.133. The molecule has 1 unspecified atom stereocenters. The lowest BCUT2D eigenvalue weighted by Gasteiger charge is -2.31. The number of anilines is 2. The summed E-state index contributed by atoms with van der Waals surface area (Å²) in [6.07, 6.45) is 8.58. The third kappa shape index (κ3) is 9.10. The molecule has 0 spiro atoms. The minimum Gasteiger partial charge on any atom is -0.367 e. The zero-order valence-corrected chi connectivity index (χ0v) is 33.4. The summed E-state index contributed by atoms with van der Waals surface area (Å²) >= 11 is 0. The van der Waals surface area contributed by atoms with Crippen molar-refractivity contribution in [3.05, 3.63) is 154 Å². The van der Waals surface area contributed by atoms with Crippen molar-refractivity contribution >= 4 is 42.9 Å². The molecule has 54 heavy (non-hydrogen) atoms. The van der Waals surface area contributed by atoms with Gasteiger partial charge in [-0.3, -0.25) is 9.11 Å². The van der Waals surface area contributed by atoms with Gasteiger partial charge in [0.1, 0.15) is 13.1 Å². The molecule has 284 valence electrons. The van der Waals surface area contributed by atoms with Crippen LogP contribution in [0.15, 0.2) is 126 Å². The summed E-state index contributed by atoms with van der Waals surface area (Å²) in [6, 6.07) is 27.3. The van der Waals surface area contributed by atoms with Gasteiger partial charge in [0.15, 0.2) is 11.1 Å². The summed E-state index contributed by atoms with van der Waals surface area (Å²) in [5.41, 5.74) is 10.1. The second-order valence-corrected chi connectivity index (χ2v) is 16.2. The Bertz CT molecular complexity index is 2320. The van der Waals surface area contributed by atoms with E-state index in [-0.39, 0.29) is 4.90 Å². The lowest BCUT2D eigenvalue weighted by atomic mass is 9.86. The molecule has 0 fully saturated rings. The lowest BCUT2D eigenvalue weighted by Crippen LogP contribution is -2.34. The Morgan fingerprint density at radius 2 is 1.28 bits per heavy atom. The zero-order valence-electron chi connectivity index (χ0n) is 31.8. The van der Waals surface area contributed by atoms with E-state index in [4.69, 9.17) is 0 Å². The van der Waals surface area contributed by atoms with E-state index in [2.05, 4.69) is 72.7 Å². The van der Waals surface area contributed by atoms with Gasteiger partial charge in [-0.25, -0.2) is 4.58 Å². The zero-order chi connectivity index (χ0) is 39.2. The fourth-order valence-corrected chi connectivity index (χ4v) is 8.78. The van der Waals surface area contributed by atoms with E-state index in [0.717, 1.165) is 63.5 Å². The summed E-state index contributed by atoms with van der Waals surface area (Å²) in [4.78, 5) is 3.71. The molecule has 1 aliphatic rings. The topological polar surface area (TPSA) is 118 Å². The fourth-order valence-electron chi connectivity index (χ4n) is 7.14. The van der Waals surface area contributed by atoms with Crippen molar-refractivity contribution in [2.24, 2.45) is 0 Å². The van der Waals surface area contributed by atoms with Crippen LogP contribution >= 0.6 is 0 Å². The standard InChI is InChI=1S/C43H49N3O6S2/c1-7-44(8-2)36-21-19-34(20-22-36)42(40-25-23-37(27-31(40)5)45(9-3)30-33-15-14-18-39(29-33)53(47,48)49)41-26-24-38(28-32(41)6)46(10-4)43(54(50,51)52)35-16-12-11-13-17-35/h11-29,43H,7-10,30H2,1-6H3,(H-,47,48,49,50,51,52)/p+1.